The van der Waals surface area contributed by atoms with E-state index in [1.54, 1.807) is 12.4 Å². The molecule has 3 rings (SSSR count). The molecule has 0 fully saturated rings. The van der Waals surface area contributed by atoms with E-state index in [1.165, 1.54) is 11.1 Å². The minimum absolute atomic E-state index is 0.340. The van der Waals surface area contributed by atoms with Crippen molar-refractivity contribution in [2.75, 3.05) is 0 Å². The molecule has 0 saturated carbocycles. The number of nitrogens with zero attached hydrogens (tertiary/aromatic N) is 2. The summed E-state index contributed by atoms with van der Waals surface area (Å²) in [5, 5.41) is 22.1. The summed E-state index contributed by atoms with van der Waals surface area (Å²) in [6.07, 6.45) is 11.6. The smallest absolute Gasteiger partial charge is 0.127 e. The Labute approximate surface area is 267 Å². The first-order valence-electron chi connectivity index (χ1n) is 16.8. The van der Waals surface area contributed by atoms with Gasteiger partial charge in [-0.05, 0) is 134 Å². The molecule has 0 aliphatic carbocycles. The second-order valence-corrected chi connectivity index (χ2v) is 14.1. The van der Waals surface area contributed by atoms with Gasteiger partial charge >= 0.3 is 0 Å². The minimum atomic E-state index is 0.340. The summed E-state index contributed by atoms with van der Waals surface area (Å²) < 4.78 is 0. The fraction of sp³-hybridized carbons (Fsp3) is 0.500. The molecule has 0 aliphatic rings. The number of phenolic OH excluding ortho intramolecular Hbond substituents is 2. The van der Waals surface area contributed by atoms with Crippen LogP contribution >= 0.6 is 0 Å². The second-order valence-electron chi connectivity index (χ2n) is 14.1. The van der Waals surface area contributed by atoms with E-state index in [1.807, 2.05) is 24.3 Å². The predicted octanol–water partition coefficient (Wildman–Crippen LogP) is 11.0. The monoisotopic (exact) mass is 596 g/mol. The second kappa shape index (κ2) is 17.2. The minimum Gasteiger partial charge on any atom is -0.507 e. The number of aryl methyl sites for hydroxylation is 4. The van der Waals surface area contributed by atoms with Crippen molar-refractivity contribution in [3.63, 3.8) is 0 Å². The van der Waals surface area contributed by atoms with Crippen LogP contribution in [0, 0.1) is 23.7 Å². The average molecular weight is 597 g/mol. The molecule has 0 heterocycles. The summed E-state index contributed by atoms with van der Waals surface area (Å²) in [5.41, 5.74) is 7.67. The van der Waals surface area contributed by atoms with Gasteiger partial charge in [-0.25, -0.2) is 0 Å². The molecule has 3 aromatic rings. The van der Waals surface area contributed by atoms with Gasteiger partial charge < -0.3 is 10.2 Å². The van der Waals surface area contributed by atoms with E-state index in [4.69, 9.17) is 9.98 Å². The lowest BCUT2D eigenvalue weighted by Crippen LogP contribution is -1.99. The molecule has 0 bridgehead atoms. The van der Waals surface area contributed by atoms with Crippen LogP contribution in [-0.2, 0) is 25.7 Å². The van der Waals surface area contributed by atoms with Crippen molar-refractivity contribution in [2.45, 2.75) is 107 Å². The SMILES string of the molecule is CC(C)CCc1cc(C=Nc2ccc(N=Cc3cc(CCC(C)C)cc(CCC(C)C)c3O)cc2)c(O)c(CCC(C)C)c1. The summed E-state index contributed by atoms with van der Waals surface area (Å²) in [4.78, 5) is 9.40. The molecule has 0 aromatic heterocycles. The van der Waals surface area contributed by atoms with Gasteiger partial charge in [0, 0.05) is 23.6 Å². The number of hydrogen-bond acceptors (Lipinski definition) is 4. The number of hydrogen-bond donors (Lipinski definition) is 2. The van der Waals surface area contributed by atoms with Gasteiger partial charge in [-0.1, -0.05) is 67.5 Å². The van der Waals surface area contributed by atoms with Crippen LogP contribution in [0.4, 0.5) is 11.4 Å². The van der Waals surface area contributed by atoms with E-state index in [0.29, 0.717) is 35.2 Å². The van der Waals surface area contributed by atoms with Gasteiger partial charge in [0.05, 0.1) is 11.4 Å². The van der Waals surface area contributed by atoms with Gasteiger partial charge in [-0.15, -0.1) is 0 Å². The third-order valence-electron chi connectivity index (χ3n) is 8.11. The van der Waals surface area contributed by atoms with Crippen molar-refractivity contribution < 1.29 is 10.2 Å². The summed E-state index contributed by atoms with van der Waals surface area (Å²) >= 11 is 0. The molecule has 0 radical (unpaired) electrons. The molecule has 2 N–H and O–H groups in total. The molecule has 0 atom stereocenters. The topological polar surface area (TPSA) is 65.2 Å². The van der Waals surface area contributed by atoms with Crippen molar-refractivity contribution in [1.82, 2.24) is 0 Å². The van der Waals surface area contributed by atoms with Gasteiger partial charge in [0.2, 0.25) is 0 Å². The molecule has 0 spiro atoms. The van der Waals surface area contributed by atoms with Crippen LogP contribution in [0.5, 0.6) is 11.5 Å². The van der Waals surface area contributed by atoms with Crippen LogP contribution in [0.1, 0.15) is 114 Å². The van der Waals surface area contributed by atoms with E-state index >= 15 is 0 Å². The molecule has 238 valence electrons. The summed E-state index contributed by atoms with van der Waals surface area (Å²) in [6, 6.07) is 16.3. The summed E-state index contributed by atoms with van der Waals surface area (Å²) in [7, 11) is 0. The average Bonchev–Trinajstić information content (AvgIpc) is 2.97. The highest BCUT2D eigenvalue weighted by Gasteiger charge is 2.12. The van der Waals surface area contributed by atoms with Crippen molar-refractivity contribution >= 4 is 23.8 Å². The van der Waals surface area contributed by atoms with E-state index in [9.17, 15) is 10.2 Å². The Kier molecular flexibility index (Phi) is 13.7. The highest BCUT2D eigenvalue weighted by Crippen LogP contribution is 2.30. The normalized spacial score (nSPS) is 12.3. The van der Waals surface area contributed by atoms with Crippen LogP contribution in [0.3, 0.4) is 0 Å². The Morgan fingerprint density at radius 1 is 0.500 bits per heavy atom. The van der Waals surface area contributed by atoms with Gasteiger partial charge in [-0.3, -0.25) is 9.98 Å². The van der Waals surface area contributed by atoms with Gasteiger partial charge in [0.1, 0.15) is 11.5 Å². The van der Waals surface area contributed by atoms with Crippen LogP contribution in [-0.4, -0.2) is 22.6 Å². The zero-order chi connectivity index (χ0) is 32.2. The number of phenols is 2. The Morgan fingerprint density at radius 3 is 1.14 bits per heavy atom. The molecule has 3 aromatic carbocycles. The van der Waals surface area contributed by atoms with Gasteiger partial charge in [0.15, 0.2) is 0 Å². The molecule has 4 nitrogen and oxygen atoms in total. The molecule has 0 aliphatic heterocycles. The predicted molar refractivity (Wildman–Crippen MR) is 190 cm³/mol. The van der Waals surface area contributed by atoms with Crippen LogP contribution in [0.15, 0.2) is 58.5 Å². The summed E-state index contributed by atoms with van der Waals surface area (Å²) in [5.74, 6) is 3.10. The third kappa shape index (κ3) is 11.6. The molecule has 4 heteroatoms. The molecule has 0 amide bonds. The molecule has 0 saturated heterocycles. The summed E-state index contributed by atoms with van der Waals surface area (Å²) in [6.45, 7) is 17.8. The third-order valence-corrected chi connectivity index (χ3v) is 8.11. The highest BCUT2D eigenvalue weighted by atomic mass is 16.3. The number of aliphatic imine (C=N–C) groups is 2. The molecule has 0 unspecified atom stereocenters. The largest absolute Gasteiger partial charge is 0.507 e. The van der Waals surface area contributed by atoms with Crippen molar-refractivity contribution in [3.8, 4) is 11.5 Å². The lowest BCUT2D eigenvalue weighted by Gasteiger charge is -2.13. The quantitative estimate of drug-likeness (QED) is 0.162. The van der Waals surface area contributed by atoms with Crippen molar-refractivity contribution in [1.29, 1.82) is 0 Å². The first-order valence-corrected chi connectivity index (χ1v) is 16.8. The Bertz CT molecular complexity index is 1270. The van der Waals surface area contributed by atoms with Crippen LogP contribution in [0.2, 0.25) is 0 Å². The van der Waals surface area contributed by atoms with E-state index in [2.05, 4.69) is 79.7 Å². The van der Waals surface area contributed by atoms with Gasteiger partial charge in [-0.2, -0.15) is 0 Å². The maximum absolute atomic E-state index is 11.1. The van der Waals surface area contributed by atoms with Crippen molar-refractivity contribution in [3.05, 3.63) is 81.9 Å². The first kappa shape index (κ1) is 35.1. The van der Waals surface area contributed by atoms with Crippen LogP contribution in [0.25, 0.3) is 0 Å². The fourth-order valence-electron chi connectivity index (χ4n) is 5.15. The lowest BCUT2D eigenvalue weighted by atomic mass is 9.94. The van der Waals surface area contributed by atoms with Gasteiger partial charge in [0.25, 0.3) is 0 Å². The number of benzene rings is 3. The van der Waals surface area contributed by atoms with E-state index < -0.39 is 0 Å². The maximum atomic E-state index is 11.1. The Hall–Kier alpha value is -3.40. The van der Waals surface area contributed by atoms with E-state index in [-0.39, 0.29) is 0 Å². The molecule has 44 heavy (non-hydrogen) atoms. The Morgan fingerprint density at radius 2 is 0.818 bits per heavy atom. The first-order chi connectivity index (χ1) is 20.9. The maximum Gasteiger partial charge on any atom is 0.127 e. The Balaban J connectivity index is 1.81. The van der Waals surface area contributed by atoms with Crippen molar-refractivity contribution in [2.24, 2.45) is 33.7 Å². The molecular weight excluding hydrogens is 540 g/mol. The highest BCUT2D eigenvalue weighted by molar-refractivity contribution is 5.87. The zero-order valence-corrected chi connectivity index (χ0v) is 28.5. The van der Waals surface area contributed by atoms with E-state index in [0.717, 1.165) is 85.0 Å². The standard InChI is InChI=1S/C40H56N2O2/c1-27(2)9-13-31-21-33(15-11-29(5)6)39(43)35(23-31)25-41-37-17-19-38(20-18-37)42-26-36-24-32(14-10-28(3)4)22-34(40(36)44)16-12-30(7)8/h17-30,43-44H,9-16H2,1-8H3. The zero-order valence-electron chi connectivity index (χ0n) is 28.5. The lowest BCUT2D eigenvalue weighted by molar-refractivity contribution is 0.461. The molecular formula is C40H56N2O2. The number of aromatic hydroxyl groups is 2. The fourth-order valence-corrected chi connectivity index (χ4v) is 5.15. The van der Waals surface area contributed by atoms with Crippen LogP contribution < -0.4 is 0 Å². The number of rotatable bonds is 16.